The smallest absolute Gasteiger partial charge is 0.256 e. The predicted octanol–water partition coefficient (Wildman–Crippen LogP) is 4.00. The SMILES string of the molecule is COc1ccc(Nc2[nH]nc(N=Cc3ccc(N4CCCCC4)cc3)c2C(N)=O)cc1. The highest BCUT2D eigenvalue weighted by Crippen LogP contribution is 2.27. The first-order valence-corrected chi connectivity index (χ1v) is 10.3. The molecule has 160 valence electrons. The molecule has 2 aromatic carbocycles. The number of carbonyl (C=O) groups is 1. The van der Waals surface area contributed by atoms with Gasteiger partial charge in [0.25, 0.3) is 5.91 Å². The van der Waals surface area contributed by atoms with Gasteiger partial charge in [-0.15, -0.1) is 0 Å². The zero-order valence-corrected chi connectivity index (χ0v) is 17.5. The van der Waals surface area contributed by atoms with Crippen molar-refractivity contribution in [1.29, 1.82) is 0 Å². The molecular weight excluding hydrogens is 392 g/mol. The number of carbonyl (C=O) groups excluding carboxylic acids is 1. The Morgan fingerprint density at radius 1 is 1.13 bits per heavy atom. The summed E-state index contributed by atoms with van der Waals surface area (Å²) in [7, 11) is 1.61. The number of amides is 1. The van der Waals surface area contributed by atoms with Crippen LogP contribution in [0.1, 0.15) is 35.2 Å². The molecule has 1 saturated heterocycles. The molecule has 8 nitrogen and oxygen atoms in total. The number of nitrogens with two attached hydrogens (primary N) is 1. The quantitative estimate of drug-likeness (QED) is 0.503. The fourth-order valence-electron chi connectivity index (χ4n) is 3.63. The lowest BCUT2D eigenvalue weighted by Gasteiger charge is -2.28. The van der Waals surface area contributed by atoms with Crippen LogP contribution in [0.25, 0.3) is 0 Å². The summed E-state index contributed by atoms with van der Waals surface area (Å²) in [5, 5.41) is 10.1. The molecule has 0 spiro atoms. The normalized spacial score (nSPS) is 14.0. The Morgan fingerprint density at radius 3 is 2.48 bits per heavy atom. The number of aromatic amines is 1. The number of nitrogens with zero attached hydrogens (tertiary/aromatic N) is 3. The number of anilines is 3. The van der Waals surface area contributed by atoms with Gasteiger partial charge >= 0.3 is 0 Å². The molecule has 1 amide bonds. The molecule has 3 aromatic rings. The van der Waals surface area contributed by atoms with Crippen LogP contribution in [-0.2, 0) is 0 Å². The Hall–Kier alpha value is -3.81. The minimum atomic E-state index is -0.614. The number of H-pyrrole nitrogens is 1. The third-order valence-corrected chi connectivity index (χ3v) is 5.30. The van der Waals surface area contributed by atoms with Crippen LogP contribution in [-0.4, -0.2) is 42.5 Å². The van der Waals surface area contributed by atoms with E-state index in [-0.39, 0.29) is 11.4 Å². The number of methoxy groups -OCH3 is 1. The van der Waals surface area contributed by atoms with Crippen molar-refractivity contribution in [2.45, 2.75) is 19.3 Å². The van der Waals surface area contributed by atoms with Crippen LogP contribution in [0.5, 0.6) is 5.75 Å². The molecule has 0 radical (unpaired) electrons. The number of piperidine rings is 1. The van der Waals surface area contributed by atoms with Gasteiger partial charge in [-0.05, 0) is 61.2 Å². The third-order valence-electron chi connectivity index (χ3n) is 5.30. The second-order valence-corrected chi connectivity index (χ2v) is 7.41. The van der Waals surface area contributed by atoms with Gasteiger partial charge in [0.05, 0.1) is 7.11 Å². The molecular formula is C23H26N6O2. The number of aliphatic imine (C=N–C) groups is 1. The van der Waals surface area contributed by atoms with Crippen molar-refractivity contribution in [2.24, 2.45) is 10.7 Å². The first-order valence-electron chi connectivity index (χ1n) is 10.3. The van der Waals surface area contributed by atoms with E-state index < -0.39 is 5.91 Å². The van der Waals surface area contributed by atoms with Crippen molar-refractivity contribution in [3.8, 4) is 5.75 Å². The topological polar surface area (TPSA) is 109 Å². The first-order chi connectivity index (χ1) is 15.1. The van der Waals surface area contributed by atoms with Gasteiger partial charge in [0.1, 0.15) is 17.1 Å². The number of nitrogens with one attached hydrogen (secondary N) is 2. The second-order valence-electron chi connectivity index (χ2n) is 7.41. The highest BCUT2D eigenvalue weighted by Gasteiger charge is 2.18. The molecule has 31 heavy (non-hydrogen) atoms. The lowest BCUT2D eigenvalue weighted by Crippen LogP contribution is -2.29. The number of rotatable bonds is 7. The maximum Gasteiger partial charge on any atom is 0.256 e. The summed E-state index contributed by atoms with van der Waals surface area (Å²) in [6.45, 7) is 2.21. The molecule has 2 heterocycles. The molecule has 0 bridgehead atoms. The fourth-order valence-corrected chi connectivity index (χ4v) is 3.63. The summed E-state index contributed by atoms with van der Waals surface area (Å²) >= 11 is 0. The van der Waals surface area contributed by atoms with Crippen LogP contribution in [0.4, 0.5) is 23.0 Å². The van der Waals surface area contributed by atoms with Crippen molar-refractivity contribution in [2.75, 3.05) is 30.4 Å². The molecule has 0 saturated carbocycles. The molecule has 8 heteroatoms. The molecule has 1 aromatic heterocycles. The monoisotopic (exact) mass is 418 g/mol. The summed E-state index contributed by atoms with van der Waals surface area (Å²) in [6, 6.07) is 15.5. The summed E-state index contributed by atoms with van der Waals surface area (Å²) in [5.74, 6) is 0.758. The number of aromatic nitrogens is 2. The zero-order chi connectivity index (χ0) is 21.6. The number of hydrogen-bond acceptors (Lipinski definition) is 6. The predicted molar refractivity (Wildman–Crippen MR) is 123 cm³/mol. The van der Waals surface area contributed by atoms with Gasteiger partial charge in [0, 0.05) is 30.7 Å². The van der Waals surface area contributed by atoms with E-state index in [2.05, 4.69) is 37.5 Å². The lowest BCUT2D eigenvalue weighted by atomic mass is 10.1. The molecule has 1 fully saturated rings. The molecule has 4 N–H and O–H groups in total. The van der Waals surface area contributed by atoms with Crippen molar-refractivity contribution < 1.29 is 9.53 Å². The van der Waals surface area contributed by atoms with E-state index in [1.807, 2.05) is 36.4 Å². The molecule has 4 rings (SSSR count). The summed E-state index contributed by atoms with van der Waals surface area (Å²) in [4.78, 5) is 18.8. The van der Waals surface area contributed by atoms with Crippen LogP contribution < -0.4 is 20.7 Å². The third kappa shape index (κ3) is 4.85. The van der Waals surface area contributed by atoms with E-state index in [4.69, 9.17) is 10.5 Å². The Bertz CT molecular complexity index is 1050. The van der Waals surface area contributed by atoms with Crippen molar-refractivity contribution in [3.05, 3.63) is 59.7 Å². The summed E-state index contributed by atoms with van der Waals surface area (Å²) in [6.07, 6.45) is 5.47. The van der Waals surface area contributed by atoms with Gasteiger partial charge in [0.2, 0.25) is 0 Å². The van der Waals surface area contributed by atoms with E-state index in [0.29, 0.717) is 5.82 Å². The first kappa shape index (κ1) is 20.5. The fraction of sp³-hybridized carbons (Fsp3) is 0.261. The van der Waals surface area contributed by atoms with Crippen LogP contribution in [0.15, 0.2) is 53.5 Å². The van der Waals surface area contributed by atoms with Crippen LogP contribution >= 0.6 is 0 Å². The average Bonchev–Trinajstić information content (AvgIpc) is 3.22. The molecule has 0 atom stereocenters. The van der Waals surface area contributed by atoms with Crippen LogP contribution in [0, 0.1) is 0 Å². The largest absolute Gasteiger partial charge is 0.497 e. The molecule has 1 aliphatic rings. The number of benzene rings is 2. The van der Waals surface area contributed by atoms with Crippen molar-refractivity contribution >= 4 is 35.1 Å². The summed E-state index contributed by atoms with van der Waals surface area (Å²) in [5.41, 5.74) is 8.70. The van der Waals surface area contributed by atoms with Gasteiger partial charge in [-0.3, -0.25) is 9.89 Å². The van der Waals surface area contributed by atoms with Crippen LogP contribution in [0.3, 0.4) is 0 Å². The number of primary amides is 1. The van der Waals surface area contributed by atoms with Crippen LogP contribution in [0.2, 0.25) is 0 Å². The maximum absolute atomic E-state index is 12.0. The van der Waals surface area contributed by atoms with E-state index in [0.717, 1.165) is 30.1 Å². The maximum atomic E-state index is 12.0. The Labute approximate surface area is 181 Å². The lowest BCUT2D eigenvalue weighted by molar-refractivity contribution is 0.100. The van der Waals surface area contributed by atoms with E-state index in [9.17, 15) is 4.79 Å². The Kier molecular flexibility index (Phi) is 6.16. The van der Waals surface area contributed by atoms with E-state index >= 15 is 0 Å². The average molecular weight is 419 g/mol. The molecule has 0 aliphatic carbocycles. The summed E-state index contributed by atoms with van der Waals surface area (Å²) < 4.78 is 5.16. The highest BCUT2D eigenvalue weighted by atomic mass is 16.5. The van der Waals surface area contributed by atoms with E-state index in [1.54, 1.807) is 13.3 Å². The molecule has 0 unspecified atom stereocenters. The standard InChI is InChI=1S/C23H26N6O2/c1-31-19-11-7-17(8-12-19)26-23-20(21(24)30)22(27-28-23)25-15-16-5-9-18(10-6-16)29-13-3-2-4-14-29/h5-12,15H,2-4,13-14H2,1H3,(H2,24,30)(H2,26,27,28). The number of hydrogen-bond donors (Lipinski definition) is 3. The molecule has 1 aliphatic heterocycles. The van der Waals surface area contributed by atoms with E-state index in [1.165, 1.54) is 24.9 Å². The van der Waals surface area contributed by atoms with Gasteiger partial charge in [-0.2, -0.15) is 5.10 Å². The Morgan fingerprint density at radius 2 is 1.84 bits per heavy atom. The second kappa shape index (κ2) is 9.34. The van der Waals surface area contributed by atoms with Gasteiger partial charge in [-0.1, -0.05) is 12.1 Å². The minimum Gasteiger partial charge on any atom is -0.497 e. The van der Waals surface area contributed by atoms with Gasteiger partial charge in [0.15, 0.2) is 5.82 Å². The highest BCUT2D eigenvalue weighted by molar-refractivity contribution is 6.03. The number of ether oxygens (including phenoxy) is 1. The zero-order valence-electron chi connectivity index (χ0n) is 17.5. The van der Waals surface area contributed by atoms with Gasteiger partial charge in [-0.25, -0.2) is 4.99 Å². The Balaban J connectivity index is 1.50. The van der Waals surface area contributed by atoms with Gasteiger partial charge < -0.3 is 20.7 Å². The minimum absolute atomic E-state index is 0.206. The van der Waals surface area contributed by atoms with Crippen molar-refractivity contribution in [1.82, 2.24) is 10.2 Å². The van der Waals surface area contributed by atoms with Crippen molar-refractivity contribution in [3.63, 3.8) is 0 Å².